The lowest BCUT2D eigenvalue weighted by Crippen LogP contribution is -2.07. The van der Waals surface area contributed by atoms with E-state index >= 15 is 0 Å². The van der Waals surface area contributed by atoms with E-state index in [1.807, 2.05) is 0 Å². The van der Waals surface area contributed by atoms with Crippen molar-refractivity contribution >= 4 is 22.5 Å². The highest BCUT2D eigenvalue weighted by atomic mass is 35.5. The highest BCUT2D eigenvalue weighted by Crippen LogP contribution is 2.18. The Morgan fingerprint density at radius 3 is 2.87 bits per heavy atom. The molecule has 1 aromatic carbocycles. The van der Waals surface area contributed by atoms with Gasteiger partial charge in [-0.1, -0.05) is 18.6 Å². The number of alkyl halides is 1. The maximum atomic E-state index is 5.83. The van der Waals surface area contributed by atoms with Crippen molar-refractivity contribution in [3.8, 4) is 0 Å². The highest BCUT2D eigenvalue weighted by Gasteiger charge is 2.04. The molecule has 2 aromatic rings. The lowest BCUT2D eigenvalue weighted by atomic mass is 10.2. The van der Waals surface area contributed by atoms with Crippen LogP contribution in [0.3, 0.4) is 0 Å². The molecule has 80 valence electrons. The Bertz CT molecular complexity index is 459. The first-order chi connectivity index (χ1) is 7.20. The van der Waals surface area contributed by atoms with Crippen LogP contribution < -0.4 is 0 Å². The summed E-state index contributed by atoms with van der Waals surface area (Å²) in [5, 5.41) is 1.32. The number of halogens is 1. The number of aryl methyl sites for hydroxylation is 1. The van der Waals surface area contributed by atoms with Crippen molar-refractivity contribution in [2.45, 2.75) is 20.4 Å². The maximum Gasteiger partial charge on any atom is 0.0480 e. The van der Waals surface area contributed by atoms with Gasteiger partial charge in [-0.15, -0.1) is 11.6 Å². The van der Waals surface area contributed by atoms with Crippen molar-refractivity contribution < 1.29 is 0 Å². The first kappa shape index (κ1) is 10.6. The largest absolute Gasteiger partial charge is 0.347 e. The van der Waals surface area contributed by atoms with Crippen molar-refractivity contribution in [3.05, 3.63) is 36.0 Å². The Hall–Kier alpha value is -0.950. The van der Waals surface area contributed by atoms with E-state index in [1.165, 1.54) is 16.5 Å². The summed E-state index contributed by atoms with van der Waals surface area (Å²) < 4.78 is 2.28. The van der Waals surface area contributed by atoms with E-state index in [1.54, 1.807) is 0 Å². The topological polar surface area (TPSA) is 4.93 Å². The summed E-state index contributed by atoms with van der Waals surface area (Å²) in [4.78, 5) is 0. The Morgan fingerprint density at radius 1 is 1.33 bits per heavy atom. The van der Waals surface area contributed by atoms with Gasteiger partial charge in [-0.2, -0.15) is 0 Å². The van der Waals surface area contributed by atoms with E-state index in [-0.39, 0.29) is 0 Å². The third-order valence-corrected chi connectivity index (χ3v) is 3.23. The summed E-state index contributed by atoms with van der Waals surface area (Å²) in [6.07, 6.45) is 2.15. The van der Waals surface area contributed by atoms with Gasteiger partial charge in [-0.25, -0.2) is 0 Å². The third-order valence-electron chi connectivity index (χ3n) is 2.70. The zero-order valence-electron chi connectivity index (χ0n) is 9.20. The molecule has 0 saturated carbocycles. The molecule has 1 atom stereocenters. The molecule has 0 bridgehead atoms. The van der Waals surface area contributed by atoms with Crippen LogP contribution in [-0.2, 0) is 6.54 Å². The fraction of sp³-hybridized carbons (Fsp3) is 0.385. The molecule has 1 aromatic heterocycles. The predicted octanol–water partition coefficient (Wildman–Crippen LogP) is 3.82. The van der Waals surface area contributed by atoms with Gasteiger partial charge in [-0.3, -0.25) is 0 Å². The van der Waals surface area contributed by atoms with Gasteiger partial charge < -0.3 is 4.57 Å². The van der Waals surface area contributed by atoms with Gasteiger partial charge in [0.25, 0.3) is 0 Å². The molecule has 0 fully saturated rings. The molecule has 15 heavy (non-hydrogen) atoms. The Labute approximate surface area is 95.7 Å². The molecule has 0 aliphatic carbocycles. The predicted molar refractivity (Wildman–Crippen MR) is 66.6 cm³/mol. The van der Waals surface area contributed by atoms with E-state index in [0.29, 0.717) is 11.8 Å². The van der Waals surface area contributed by atoms with Gasteiger partial charge in [0.15, 0.2) is 0 Å². The molecule has 0 N–H and O–H groups in total. The lowest BCUT2D eigenvalue weighted by Gasteiger charge is -2.10. The molecule has 1 heterocycles. The maximum absolute atomic E-state index is 5.83. The summed E-state index contributed by atoms with van der Waals surface area (Å²) in [6.45, 7) is 5.29. The molecule has 0 saturated heterocycles. The number of nitrogens with zero attached hydrogens (tertiary/aromatic N) is 1. The molecule has 2 rings (SSSR count). The highest BCUT2D eigenvalue weighted by molar-refractivity contribution is 6.18. The van der Waals surface area contributed by atoms with Gasteiger partial charge >= 0.3 is 0 Å². The zero-order valence-corrected chi connectivity index (χ0v) is 9.96. The fourth-order valence-electron chi connectivity index (χ4n) is 1.86. The quantitative estimate of drug-likeness (QED) is 0.695. The van der Waals surface area contributed by atoms with Crippen LogP contribution in [0.15, 0.2) is 30.5 Å². The SMILES string of the molecule is Cc1ccc2c(ccn2CC(C)CCl)c1. The van der Waals surface area contributed by atoms with Crippen LogP contribution >= 0.6 is 11.6 Å². The number of hydrogen-bond acceptors (Lipinski definition) is 0. The van der Waals surface area contributed by atoms with Crippen LogP contribution in [0.5, 0.6) is 0 Å². The average molecular weight is 222 g/mol. The molecule has 0 aliphatic rings. The van der Waals surface area contributed by atoms with Crippen molar-refractivity contribution in [2.75, 3.05) is 5.88 Å². The van der Waals surface area contributed by atoms with Gasteiger partial charge in [-0.05, 0) is 36.4 Å². The monoisotopic (exact) mass is 221 g/mol. The van der Waals surface area contributed by atoms with Crippen LogP contribution in [0.2, 0.25) is 0 Å². The number of hydrogen-bond donors (Lipinski definition) is 0. The molecule has 0 amide bonds. The van der Waals surface area contributed by atoms with Gasteiger partial charge in [0.1, 0.15) is 0 Å². The smallest absolute Gasteiger partial charge is 0.0480 e. The average Bonchev–Trinajstić information content (AvgIpc) is 2.60. The number of benzene rings is 1. The van der Waals surface area contributed by atoms with Crippen molar-refractivity contribution in [1.29, 1.82) is 0 Å². The van der Waals surface area contributed by atoms with Gasteiger partial charge in [0.05, 0.1) is 0 Å². The third kappa shape index (κ3) is 2.18. The minimum absolute atomic E-state index is 0.517. The molecule has 1 nitrogen and oxygen atoms in total. The first-order valence-electron chi connectivity index (χ1n) is 5.32. The Balaban J connectivity index is 2.36. The van der Waals surface area contributed by atoms with Crippen LogP contribution in [0.25, 0.3) is 10.9 Å². The van der Waals surface area contributed by atoms with E-state index in [4.69, 9.17) is 11.6 Å². The summed E-state index contributed by atoms with van der Waals surface area (Å²) in [7, 11) is 0. The number of rotatable bonds is 3. The number of aromatic nitrogens is 1. The summed E-state index contributed by atoms with van der Waals surface area (Å²) in [6, 6.07) is 8.73. The van der Waals surface area contributed by atoms with E-state index in [2.05, 4.69) is 48.9 Å². The molecule has 1 unspecified atom stereocenters. The van der Waals surface area contributed by atoms with Gasteiger partial charge in [0.2, 0.25) is 0 Å². The first-order valence-corrected chi connectivity index (χ1v) is 5.85. The summed E-state index contributed by atoms with van der Waals surface area (Å²) in [5.41, 5.74) is 2.61. The minimum atomic E-state index is 0.517. The molecule has 2 heteroatoms. The molecular formula is C13H16ClN. The molecule has 0 spiro atoms. The van der Waals surface area contributed by atoms with Crippen LogP contribution in [0.4, 0.5) is 0 Å². The van der Waals surface area contributed by atoms with Gasteiger partial charge in [0, 0.05) is 24.1 Å². The lowest BCUT2D eigenvalue weighted by molar-refractivity contribution is 0.540. The van der Waals surface area contributed by atoms with Crippen molar-refractivity contribution in [3.63, 3.8) is 0 Å². The summed E-state index contributed by atoms with van der Waals surface area (Å²) in [5.74, 6) is 1.23. The zero-order chi connectivity index (χ0) is 10.8. The number of fused-ring (bicyclic) bond motifs is 1. The standard InChI is InChI=1S/C13H16ClN/c1-10-3-4-13-12(7-10)5-6-15(13)9-11(2)8-14/h3-7,11H,8-9H2,1-2H3. The van der Waals surface area contributed by atoms with Crippen molar-refractivity contribution in [2.24, 2.45) is 5.92 Å². The van der Waals surface area contributed by atoms with E-state index < -0.39 is 0 Å². The second-order valence-corrected chi connectivity index (χ2v) is 4.60. The van der Waals surface area contributed by atoms with Crippen molar-refractivity contribution in [1.82, 2.24) is 4.57 Å². The van der Waals surface area contributed by atoms with E-state index in [9.17, 15) is 0 Å². The normalized spacial score (nSPS) is 13.3. The fourth-order valence-corrected chi connectivity index (χ4v) is 1.96. The molecular weight excluding hydrogens is 206 g/mol. The van der Waals surface area contributed by atoms with Crippen LogP contribution in [0.1, 0.15) is 12.5 Å². The van der Waals surface area contributed by atoms with Crippen LogP contribution in [-0.4, -0.2) is 10.4 Å². The van der Waals surface area contributed by atoms with E-state index in [0.717, 1.165) is 6.54 Å². The molecule has 0 radical (unpaired) electrons. The second-order valence-electron chi connectivity index (χ2n) is 4.29. The Morgan fingerprint density at radius 2 is 2.13 bits per heavy atom. The Kier molecular flexibility index (Phi) is 3.01. The molecule has 0 aliphatic heterocycles. The van der Waals surface area contributed by atoms with Crippen LogP contribution in [0, 0.1) is 12.8 Å². The minimum Gasteiger partial charge on any atom is -0.347 e. The second kappa shape index (κ2) is 4.28. The summed E-state index contributed by atoms with van der Waals surface area (Å²) >= 11 is 5.83.